The second-order valence-electron chi connectivity index (χ2n) is 14.4. The average Bonchev–Trinajstić information content (AvgIpc) is 3.62. The van der Waals surface area contributed by atoms with Crippen LogP contribution < -0.4 is 0 Å². The number of esters is 1. The number of aromatic nitrogens is 2. The molecule has 1 N–H and O–H groups in total. The zero-order chi connectivity index (χ0) is 34.4. The van der Waals surface area contributed by atoms with Crippen molar-refractivity contribution in [2.75, 3.05) is 39.5 Å². The number of hydrogen-bond donors (Lipinski definition) is 1. The second-order valence-corrected chi connectivity index (χ2v) is 14.4. The highest BCUT2D eigenvalue weighted by atomic mass is 16.6. The molecule has 1 aromatic rings. The van der Waals surface area contributed by atoms with Crippen LogP contribution in [0, 0.1) is 0 Å². The van der Waals surface area contributed by atoms with Gasteiger partial charge in [0.2, 0.25) is 0 Å². The first kappa shape index (κ1) is 44.6. The molecule has 1 heterocycles. The lowest BCUT2D eigenvalue weighted by Crippen LogP contribution is -2.30. The first-order chi connectivity index (χ1) is 23.8. The fraction of sp³-hybridized carbons (Fsp3) is 0.905. The Balaban J connectivity index is 2.11. The molecule has 0 atom stereocenters. The van der Waals surface area contributed by atoms with Gasteiger partial charge in [0.25, 0.3) is 0 Å². The monoisotopic (exact) mass is 676 g/mol. The lowest BCUT2D eigenvalue weighted by Gasteiger charge is -2.22. The van der Waals surface area contributed by atoms with Crippen LogP contribution in [0.5, 0.6) is 0 Å². The van der Waals surface area contributed by atoms with Crippen molar-refractivity contribution in [2.45, 2.75) is 206 Å². The number of aryl methyl sites for hydroxylation is 1. The van der Waals surface area contributed by atoms with Gasteiger partial charge in [-0.05, 0) is 32.4 Å². The van der Waals surface area contributed by atoms with Gasteiger partial charge in [0.1, 0.15) is 6.61 Å². The summed E-state index contributed by atoms with van der Waals surface area (Å²) in [5.41, 5.74) is 0.959. The topological polar surface area (TPSA) is 67.5 Å². The van der Waals surface area contributed by atoms with Crippen molar-refractivity contribution in [1.29, 1.82) is 0 Å². The first-order valence-corrected chi connectivity index (χ1v) is 21.2. The molecule has 6 nitrogen and oxygen atoms in total. The van der Waals surface area contributed by atoms with Gasteiger partial charge in [-0.3, -0.25) is 4.79 Å². The number of H-pyrrole nitrogens is 1. The van der Waals surface area contributed by atoms with E-state index < -0.39 is 0 Å². The number of imidazole rings is 1. The van der Waals surface area contributed by atoms with Crippen LogP contribution in [-0.4, -0.2) is 60.3 Å². The lowest BCUT2D eigenvalue weighted by atomic mass is 10.0. The van der Waals surface area contributed by atoms with Gasteiger partial charge < -0.3 is 19.4 Å². The molecule has 0 aliphatic rings. The number of ether oxygens (including phenoxy) is 2. The normalized spacial score (nSPS) is 11.6. The third kappa shape index (κ3) is 31.8. The third-order valence-electron chi connectivity index (χ3n) is 9.85. The summed E-state index contributed by atoms with van der Waals surface area (Å²) in [5.74, 6) is -0.176. The molecule has 0 aliphatic heterocycles. The van der Waals surface area contributed by atoms with E-state index in [-0.39, 0.29) is 5.97 Å². The van der Waals surface area contributed by atoms with Crippen LogP contribution in [0.15, 0.2) is 12.5 Å². The number of nitrogens with zero attached hydrogens (tertiary/aromatic N) is 2. The minimum Gasteiger partial charge on any atom is -0.463 e. The summed E-state index contributed by atoms with van der Waals surface area (Å²) in [6.07, 6.45) is 43.8. The molecular weight excluding hydrogens is 594 g/mol. The minimum atomic E-state index is -0.176. The molecule has 1 rings (SSSR count). The van der Waals surface area contributed by atoms with Gasteiger partial charge in [0.15, 0.2) is 0 Å². The number of carbonyl (C=O) groups excluding carboxylic acids is 1. The predicted molar refractivity (Wildman–Crippen MR) is 206 cm³/mol. The van der Waals surface area contributed by atoms with Gasteiger partial charge in [0.05, 0.1) is 26.0 Å². The highest BCUT2D eigenvalue weighted by Gasteiger charge is 2.07. The number of carbonyl (C=O) groups is 1. The fourth-order valence-electron chi connectivity index (χ4n) is 6.64. The van der Waals surface area contributed by atoms with Crippen molar-refractivity contribution in [3.05, 3.63) is 18.2 Å². The minimum absolute atomic E-state index is 0.176. The highest BCUT2D eigenvalue weighted by Crippen LogP contribution is 2.15. The molecule has 0 radical (unpaired) electrons. The summed E-state index contributed by atoms with van der Waals surface area (Å²) in [6, 6.07) is 0. The first-order valence-electron chi connectivity index (χ1n) is 21.2. The quantitative estimate of drug-likeness (QED) is 0.0555. The molecule has 0 saturated carbocycles. The van der Waals surface area contributed by atoms with E-state index in [1.807, 2.05) is 0 Å². The standard InChI is InChI=1S/C42H81N3O3/c1-3-5-7-9-11-13-15-17-19-21-23-25-27-29-33-45(34-30-28-26-24-22-20-18-16-14-12-10-8-6-4-2)35-36-47-37-38-48-42(46)32-31-41-39-43-40-44-41/h39-40H,3-38H2,1-2H3,(H,43,44). The predicted octanol–water partition coefficient (Wildman–Crippen LogP) is 12.2. The van der Waals surface area contributed by atoms with Gasteiger partial charge in [-0.25, -0.2) is 4.98 Å². The Morgan fingerprint density at radius 3 is 1.38 bits per heavy atom. The van der Waals surface area contributed by atoms with E-state index in [1.54, 1.807) is 12.5 Å². The van der Waals surface area contributed by atoms with E-state index in [9.17, 15) is 4.79 Å². The maximum absolute atomic E-state index is 12.0. The molecule has 1 aromatic heterocycles. The van der Waals surface area contributed by atoms with E-state index in [4.69, 9.17) is 9.47 Å². The molecule has 0 spiro atoms. The summed E-state index contributed by atoms with van der Waals surface area (Å²) >= 11 is 0. The lowest BCUT2D eigenvalue weighted by molar-refractivity contribution is -0.145. The van der Waals surface area contributed by atoms with Crippen molar-refractivity contribution in [2.24, 2.45) is 0 Å². The molecule has 0 unspecified atom stereocenters. The second kappa shape index (κ2) is 36.9. The SMILES string of the molecule is CCCCCCCCCCCCCCCCN(CCCCCCCCCCCCCCCC)CCOCCOC(=O)CCc1cnc[nH]1. The van der Waals surface area contributed by atoms with Crippen LogP contribution in [0.1, 0.15) is 206 Å². The smallest absolute Gasteiger partial charge is 0.306 e. The molecule has 0 aromatic carbocycles. The van der Waals surface area contributed by atoms with Gasteiger partial charge in [0, 0.05) is 18.4 Å². The maximum Gasteiger partial charge on any atom is 0.306 e. The Hall–Kier alpha value is -1.40. The molecule has 0 saturated heterocycles. The number of nitrogens with one attached hydrogen (secondary N) is 1. The van der Waals surface area contributed by atoms with Crippen LogP contribution in [0.2, 0.25) is 0 Å². The van der Waals surface area contributed by atoms with E-state index in [1.165, 1.54) is 193 Å². The van der Waals surface area contributed by atoms with Gasteiger partial charge in [-0.15, -0.1) is 0 Å². The van der Waals surface area contributed by atoms with Crippen molar-refractivity contribution in [3.8, 4) is 0 Å². The van der Waals surface area contributed by atoms with Gasteiger partial charge in [-0.1, -0.05) is 181 Å². The molecule has 6 heteroatoms. The van der Waals surface area contributed by atoms with Crippen LogP contribution >= 0.6 is 0 Å². The largest absolute Gasteiger partial charge is 0.463 e. The Kier molecular flexibility index (Phi) is 34.3. The number of rotatable bonds is 39. The molecule has 0 bridgehead atoms. The zero-order valence-electron chi connectivity index (χ0n) is 32.2. The summed E-state index contributed by atoms with van der Waals surface area (Å²) in [4.78, 5) is 21.6. The number of hydrogen-bond acceptors (Lipinski definition) is 5. The summed E-state index contributed by atoms with van der Waals surface area (Å²) in [5, 5.41) is 0. The molecule has 0 amide bonds. The van der Waals surface area contributed by atoms with E-state index >= 15 is 0 Å². The Labute approximate surface area is 298 Å². The summed E-state index contributed by atoms with van der Waals surface area (Å²) in [7, 11) is 0. The zero-order valence-corrected chi connectivity index (χ0v) is 32.2. The summed E-state index contributed by atoms with van der Waals surface area (Å²) < 4.78 is 11.2. The van der Waals surface area contributed by atoms with Crippen LogP contribution in [-0.2, 0) is 20.7 Å². The van der Waals surface area contributed by atoms with E-state index in [0.717, 1.165) is 12.2 Å². The Bertz CT molecular complexity index is 725. The third-order valence-corrected chi connectivity index (χ3v) is 9.85. The van der Waals surface area contributed by atoms with Crippen LogP contribution in [0.25, 0.3) is 0 Å². The Morgan fingerprint density at radius 1 is 0.562 bits per heavy atom. The Morgan fingerprint density at radius 2 is 0.979 bits per heavy atom. The number of aromatic amines is 1. The van der Waals surface area contributed by atoms with E-state index in [2.05, 4.69) is 28.7 Å². The molecular formula is C42H81N3O3. The molecule has 0 aliphatic carbocycles. The molecule has 48 heavy (non-hydrogen) atoms. The van der Waals surface area contributed by atoms with Crippen molar-refractivity contribution in [3.63, 3.8) is 0 Å². The average molecular weight is 676 g/mol. The summed E-state index contributed by atoms with van der Waals surface area (Å²) in [6.45, 7) is 9.45. The van der Waals surface area contributed by atoms with Gasteiger partial charge in [-0.2, -0.15) is 0 Å². The maximum atomic E-state index is 12.0. The van der Waals surface area contributed by atoms with Crippen molar-refractivity contribution < 1.29 is 14.3 Å². The fourth-order valence-corrected chi connectivity index (χ4v) is 6.64. The van der Waals surface area contributed by atoms with Crippen molar-refractivity contribution in [1.82, 2.24) is 14.9 Å². The van der Waals surface area contributed by atoms with Gasteiger partial charge >= 0.3 is 5.97 Å². The van der Waals surface area contributed by atoms with Crippen LogP contribution in [0.3, 0.4) is 0 Å². The van der Waals surface area contributed by atoms with E-state index in [0.29, 0.717) is 32.7 Å². The molecule has 282 valence electrons. The molecule has 0 fully saturated rings. The van der Waals surface area contributed by atoms with Crippen molar-refractivity contribution >= 4 is 5.97 Å². The highest BCUT2D eigenvalue weighted by molar-refractivity contribution is 5.69. The number of unbranched alkanes of at least 4 members (excludes halogenated alkanes) is 26. The van der Waals surface area contributed by atoms with Crippen LogP contribution in [0.4, 0.5) is 0 Å².